The number of nitrogens with two attached hydrogens (primary N) is 1. The second-order valence-corrected chi connectivity index (χ2v) is 3.52. The third-order valence-corrected chi connectivity index (χ3v) is 2.54. The molecular formula is C12H10F3N. The van der Waals surface area contributed by atoms with Gasteiger partial charge in [0.05, 0.1) is 5.56 Å². The van der Waals surface area contributed by atoms with E-state index < -0.39 is 11.7 Å². The molecule has 0 saturated carbocycles. The smallest absolute Gasteiger partial charge is 0.326 e. The molecule has 2 rings (SSSR count). The van der Waals surface area contributed by atoms with E-state index in [1.54, 1.807) is 18.2 Å². The lowest BCUT2D eigenvalue weighted by Gasteiger charge is -2.12. The predicted molar refractivity (Wildman–Crippen MR) is 56.8 cm³/mol. The Bertz CT molecular complexity index is 517. The first kappa shape index (κ1) is 11.0. The maximum Gasteiger partial charge on any atom is 0.417 e. The van der Waals surface area contributed by atoms with Crippen LogP contribution in [0, 0.1) is 0 Å². The third kappa shape index (κ3) is 1.76. The van der Waals surface area contributed by atoms with Gasteiger partial charge in [0.2, 0.25) is 0 Å². The molecular weight excluding hydrogens is 215 g/mol. The zero-order chi connectivity index (χ0) is 11.8. The largest absolute Gasteiger partial charge is 0.417 e. The van der Waals surface area contributed by atoms with E-state index in [0.29, 0.717) is 5.39 Å². The number of rotatable bonds is 1. The zero-order valence-electron chi connectivity index (χ0n) is 8.38. The molecule has 0 aliphatic heterocycles. The minimum atomic E-state index is -4.33. The van der Waals surface area contributed by atoms with Crippen LogP contribution in [-0.4, -0.2) is 0 Å². The van der Waals surface area contributed by atoms with Crippen LogP contribution >= 0.6 is 0 Å². The summed E-state index contributed by atoms with van der Waals surface area (Å²) in [6.07, 6.45) is -4.33. The summed E-state index contributed by atoms with van der Waals surface area (Å²) in [4.78, 5) is 0. The van der Waals surface area contributed by atoms with E-state index in [9.17, 15) is 13.2 Å². The van der Waals surface area contributed by atoms with Crippen LogP contribution in [0.1, 0.15) is 11.1 Å². The van der Waals surface area contributed by atoms with E-state index in [1.165, 1.54) is 12.1 Å². The van der Waals surface area contributed by atoms with Crippen LogP contribution in [0.5, 0.6) is 0 Å². The minimum Gasteiger partial charge on any atom is -0.326 e. The molecule has 0 atom stereocenters. The van der Waals surface area contributed by atoms with Crippen LogP contribution in [0.4, 0.5) is 13.2 Å². The van der Waals surface area contributed by atoms with Crippen molar-refractivity contribution in [3.8, 4) is 0 Å². The highest BCUT2D eigenvalue weighted by atomic mass is 19.4. The lowest BCUT2D eigenvalue weighted by Crippen LogP contribution is -2.07. The molecule has 0 aliphatic carbocycles. The van der Waals surface area contributed by atoms with Gasteiger partial charge in [-0.1, -0.05) is 30.3 Å². The van der Waals surface area contributed by atoms with Crippen LogP contribution in [0.15, 0.2) is 36.4 Å². The van der Waals surface area contributed by atoms with Crippen molar-refractivity contribution in [3.05, 3.63) is 47.5 Å². The number of fused-ring (bicyclic) bond motifs is 1. The lowest BCUT2D eigenvalue weighted by molar-refractivity contribution is -0.136. The average Bonchev–Trinajstić information content (AvgIpc) is 2.26. The monoisotopic (exact) mass is 225 g/mol. The summed E-state index contributed by atoms with van der Waals surface area (Å²) in [6.45, 7) is 0.235. The van der Waals surface area contributed by atoms with E-state index in [1.807, 2.05) is 0 Å². The quantitative estimate of drug-likeness (QED) is 0.791. The molecule has 0 aliphatic rings. The summed E-state index contributed by atoms with van der Waals surface area (Å²) < 4.78 is 38.2. The van der Waals surface area contributed by atoms with Gasteiger partial charge in [0, 0.05) is 6.54 Å². The molecule has 0 bridgehead atoms. The Labute approximate surface area is 90.7 Å². The molecule has 2 aromatic rings. The van der Waals surface area contributed by atoms with Gasteiger partial charge in [0.25, 0.3) is 0 Å². The zero-order valence-corrected chi connectivity index (χ0v) is 8.38. The van der Waals surface area contributed by atoms with Crippen molar-refractivity contribution in [2.24, 2.45) is 5.73 Å². The summed E-state index contributed by atoms with van der Waals surface area (Å²) in [6, 6.07) is 8.96. The summed E-state index contributed by atoms with van der Waals surface area (Å²) in [5.74, 6) is 0. The highest BCUT2D eigenvalue weighted by Crippen LogP contribution is 2.35. The van der Waals surface area contributed by atoms with Crippen LogP contribution in [-0.2, 0) is 12.7 Å². The minimum absolute atomic E-state index is 0.206. The molecule has 0 amide bonds. The van der Waals surface area contributed by atoms with Gasteiger partial charge in [-0.3, -0.25) is 0 Å². The molecule has 0 unspecified atom stereocenters. The SMILES string of the molecule is NCc1ccc(C(F)(F)F)c2ccccc12. The second kappa shape index (κ2) is 3.79. The second-order valence-electron chi connectivity index (χ2n) is 3.52. The lowest BCUT2D eigenvalue weighted by atomic mass is 9.99. The molecule has 2 N–H and O–H groups in total. The predicted octanol–water partition coefficient (Wildman–Crippen LogP) is 3.32. The van der Waals surface area contributed by atoms with Crippen molar-refractivity contribution in [1.82, 2.24) is 0 Å². The Morgan fingerprint density at radius 1 is 0.938 bits per heavy atom. The van der Waals surface area contributed by atoms with Crippen molar-refractivity contribution >= 4 is 10.8 Å². The van der Waals surface area contributed by atoms with Crippen molar-refractivity contribution in [2.75, 3.05) is 0 Å². The first-order valence-electron chi connectivity index (χ1n) is 4.82. The van der Waals surface area contributed by atoms with Gasteiger partial charge < -0.3 is 5.73 Å². The summed E-state index contributed by atoms with van der Waals surface area (Å²) in [7, 11) is 0. The molecule has 0 heterocycles. The Morgan fingerprint density at radius 3 is 2.12 bits per heavy atom. The van der Waals surface area contributed by atoms with Gasteiger partial charge >= 0.3 is 6.18 Å². The maximum atomic E-state index is 12.7. The van der Waals surface area contributed by atoms with Gasteiger partial charge in [-0.25, -0.2) is 0 Å². The van der Waals surface area contributed by atoms with Gasteiger partial charge in [-0.2, -0.15) is 13.2 Å². The van der Waals surface area contributed by atoms with E-state index >= 15 is 0 Å². The summed E-state index contributed by atoms with van der Waals surface area (Å²) in [5, 5.41) is 0.776. The molecule has 0 aromatic heterocycles. The van der Waals surface area contributed by atoms with Crippen LogP contribution in [0.25, 0.3) is 10.8 Å². The number of hydrogen-bond acceptors (Lipinski definition) is 1. The Kier molecular flexibility index (Phi) is 2.59. The fourth-order valence-electron chi connectivity index (χ4n) is 1.79. The number of hydrogen-bond donors (Lipinski definition) is 1. The Hall–Kier alpha value is -1.55. The van der Waals surface area contributed by atoms with Crippen molar-refractivity contribution in [1.29, 1.82) is 0 Å². The van der Waals surface area contributed by atoms with E-state index in [4.69, 9.17) is 5.73 Å². The first-order chi connectivity index (χ1) is 7.54. The Balaban J connectivity index is 2.80. The molecule has 84 valence electrons. The maximum absolute atomic E-state index is 12.7. The Morgan fingerprint density at radius 2 is 1.56 bits per heavy atom. The van der Waals surface area contributed by atoms with Crippen LogP contribution < -0.4 is 5.73 Å². The molecule has 16 heavy (non-hydrogen) atoms. The summed E-state index contributed by atoms with van der Waals surface area (Å²) in [5.41, 5.74) is 5.61. The molecule has 4 heteroatoms. The van der Waals surface area contributed by atoms with Crippen molar-refractivity contribution in [3.63, 3.8) is 0 Å². The molecule has 1 nitrogen and oxygen atoms in total. The van der Waals surface area contributed by atoms with Crippen LogP contribution in [0.3, 0.4) is 0 Å². The normalized spacial score (nSPS) is 12.0. The molecule has 2 aromatic carbocycles. The van der Waals surface area contributed by atoms with Gasteiger partial charge in [-0.15, -0.1) is 0 Å². The molecule has 0 radical (unpaired) electrons. The highest BCUT2D eigenvalue weighted by Gasteiger charge is 2.32. The number of benzene rings is 2. The fourth-order valence-corrected chi connectivity index (χ4v) is 1.79. The molecule has 0 spiro atoms. The fraction of sp³-hybridized carbons (Fsp3) is 0.167. The average molecular weight is 225 g/mol. The topological polar surface area (TPSA) is 26.0 Å². The number of alkyl halides is 3. The van der Waals surface area contributed by atoms with E-state index in [-0.39, 0.29) is 11.9 Å². The molecule has 0 fully saturated rings. The standard InChI is InChI=1S/C12H10F3N/c13-12(14,15)11-6-5-8(7-16)9-3-1-2-4-10(9)11/h1-6H,7,16H2. The number of halogens is 3. The van der Waals surface area contributed by atoms with Crippen LogP contribution in [0.2, 0.25) is 0 Å². The first-order valence-corrected chi connectivity index (χ1v) is 4.82. The van der Waals surface area contributed by atoms with Gasteiger partial charge in [-0.05, 0) is 22.4 Å². The third-order valence-electron chi connectivity index (χ3n) is 2.54. The van der Waals surface area contributed by atoms with Gasteiger partial charge in [0.1, 0.15) is 0 Å². The van der Waals surface area contributed by atoms with Crippen molar-refractivity contribution in [2.45, 2.75) is 12.7 Å². The summed E-state index contributed by atoms with van der Waals surface area (Å²) >= 11 is 0. The molecule has 0 saturated heterocycles. The van der Waals surface area contributed by atoms with E-state index in [0.717, 1.165) is 11.6 Å². The van der Waals surface area contributed by atoms with E-state index in [2.05, 4.69) is 0 Å². The highest BCUT2D eigenvalue weighted by molar-refractivity contribution is 5.89. The van der Waals surface area contributed by atoms with Gasteiger partial charge in [0.15, 0.2) is 0 Å². The van der Waals surface area contributed by atoms with Crippen molar-refractivity contribution < 1.29 is 13.2 Å².